The highest BCUT2D eigenvalue weighted by atomic mass is 14.3. The van der Waals surface area contributed by atoms with Crippen molar-refractivity contribution in [2.75, 3.05) is 0 Å². The minimum atomic E-state index is 0.235. The van der Waals surface area contributed by atoms with E-state index in [2.05, 4.69) is 54.7 Å². The molecule has 0 unspecified atom stereocenters. The van der Waals surface area contributed by atoms with Crippen molar-refractivity contribution >= 4 is 0 Å². The summed E-state index contributed by atoms with van der Waals surface area (Å²) in [5.41, 5.74) is 3.10. The van der Waals surface area contributed by atoms with E-state index in [0.29, 0.717) is 5.41 Å². The molecular weight excluding hydrogens is 168 g/mol. The lowest BCUT2D eigenvalue weighted by Gasteiger charge is -2.35. The number of hydrogen-bond donors (Lipinski definition) is 0. The van der Waals surface area contributed by atoms with E-state index in [4.69, 9.17) is 0 Å². The Morgan fingerprint density at radius 2 is 1.43 bits per heavy atom. The first-order valence-corrected chi connectivity index (χ1v) is 5.37. The predicted molar refractivity (Wildman–Crippen MR) is 66.4 cm³/mol. The molecule has 0 atom stereocenters. The van der Waals surface area contributed by atoms with Crippen LogP contribution in [0.25, 0.3) is 0 Å². The van der Waals surface area contributed by atoms with Crippen LogP contribution in [-0.2, 0) is 0 Å². The van der Waals surface area contributed by atoms with E-state index in [1.165, 1.54) is 17.6 Å². The zero-order valence-electron chi connectivity index (χ0n) is 10.8. The van der Waals surface area contributed by atoms with Gasteiger partial charge in [0.2, 0.25) is 0 Å². The molecule has 0 radical (unpaired) electrons. The first-order valence-electron chi connectivity index (χ1n) is 5.37. The number of hydrogen-bond acceptors (Lipinski definition) is 0. The fourth-order valence-corrected chi connectivity index (χ4v) is 2.23. The van der Waals surface area contributed by atoms with Gasteiger partial charge in [-0.3, -0.25) is 0 Å². The van der Waals surface area contributed by atoms with Gasteiger partial charge in [0, 0.05) is 0 Å². The fraction of sp³-hybridized carbons (Fsp3) is 0.714. The lowest BCUT2D eigenvalue weighted by atomic mass is 9.70. The molecule has 0 amide bonds. The molecular formula is C14H26. The normalized spacial score (nSPS) is 12.7. The maximum absolute atomic E-state index is 4.07. The maximum atomic E-state index is 4.07. The van der Waals surface area contributed by atoms with Gasteiger partial charge in [0.1, 0.15) is 0 Å². The van der Waals surface area contributed by atoms with Crippen LogP contribution in [0.15, 0.2) is 24.3 Å². The lowest BCUT2D eigenvalue weighted by Crippen LogP contribution is -2.24. The zero-order valence-corrected chi connectivity index (χ0v) is 10.8. The Morgan fingerprint density at radius 1 is 1.00 bits per heavy atom. The third-order valence-corrected chi connectivity index (χ3v) is 2.86. The molecule has 82 valence electrons. The van der Waals surface area contributed by atoms with Crippen molar-refractivity contribution in [3.63, 3.8) is 0 Å². The molecule has 0 rings (SSSR count). The van der Waals surface area contributed by atoms with Gasteiger partial charge in [-0.25, -0.2) is 0 Å². The summed E-state index contributed by atoms with van der Waals surface area (Å²) in [5.74, 6) is 0. The average molecular weight is 194 g/mol. The van der Waals surface area contributed by atoms with Gasteiger partial charge in [-0.15, -0.1) is 6.58 Å². The third-order valence-electron chi connectivity index (χ3n) is 2.86. The standard InChI is InChI=1S/C14H26/c1-11(2)9-13(5,6)10-14(7,8)12(3)4/h1,3,9-10H2,2,4-8H3. The summed E-state index contributed by atoms with van der Waals surface area (Å²) in [6.45, 7) is 21.5. The van der Waals surface area contributed by atoms with Gasteiger partial charge in [0.05, 0.1) is 0 Å². The predicted octanol–water partition coefficient (Wildman–Crippen LogP) is 4.97. The van der Waals surface area contributed by atoms with E-state index >= 15 is 0 Å². The Morgan fingerprint density at radius 3 is 1.71 bits per heavy atom. The van der Waals surface area contributed by atoms with Gasteiger partial charge >= 0.3 is 0 Å². The molecule has 0 heterocycles. The number of rotatable bonds is 5. The summed E-state index contributed by atoms with van der Waals surface area (Å²) in [6, 6.07) is 0. The van der Waals surface area contributed by atoms with Crippen LogP contribution < -0.4 is 0 Å². The minimum absolute atomic E-state index is 0.235. The van der Waals surface area contributed by atoms with Crippen molar-refractivity contribution < 1.29 is 0 Å². The van der Waals surface area contributed by atoms with E-state index in [1.807, 2.05) is 0 Å². The lowest BCUT2D eigenvalue weighted by molar-refractivity contribution is 0.226. The van der Waals surface area contributed by atoms with Crippen LogP contribution in [0.3, 0.4) is 0 Å². The van der Waals surface area contributed by atoms with E-state index in [0.717, 1.165) is 6.42 Å². The summed E-state index contributed by atoms with van der Waals surface area (Å²) in [4.78, 5) is 0. The average Bonchev–Trinajstić information content (AvgIpc) is 1.79. The molecule has 0 aromatic rings. The van der Waals surface area contributed by atoms with Gasteiger partial charge in [0.25, 0.3) is 0 Å². The molecule has 0 heteroatoms. The Labute approximate surface area is 90.1 Å². The molecule has 0 aromatic carbocycles. The van der Waals surface area contributed by atoms with Crippen molar-refractivity contribution in [3.05, 3.63) is 24.3 Å². The summed E-state index contributed by atoms with van der Waals surface area (Å²) in [6.07, 6.45) is 2.27. The van der Waals surface area contributed by atoms with Crippen LogP contribution in [0.4, 0.5) is 0 Å². The largest absolute Gasteiger partial charge is 0.100 e. The topological polar surface area (TPSA) is 0 Å². The first-order chi connectivity index (χ1) is 6.07. The third kappa shape index (κ3) is 4.64. The summed E-state index contributed by atoms with van der Waals surface area (Å²) < 4.78 is 0. The summed E-state index contributed by atoms with van der Waals surface area (Å²) in [7, 11) is 0. The van der Waals surface area contributed by atoms with Gasteiger partial charge in [-0.05, 0) is 37.5 Å². The van der Waals surface area contributed by atoms with Gasteiger partial charge in [-0.1, -0.05) is 45.4 Å². The molecule has 0 aliphatic rings. The van der Waals surface area contributed by atoms with E-state index < -0.39 is 0 Å². The van der Waals surface area contributed by atoms with Crippen molar-refractivity contribution in [1.82, 2.24) is 0 Å². The smallest absolute Gasteiger partial charge is 0.0145 e. The van der Waals surface area contributed by atoms with Gasteiger partial charge in [0.15, 0.2) is 0 Å². The molecule has 0 aliphatic carbocycles. The highest BCUT2D eigenvalue weighted by Crippen LogP contribution is 2.41. The molecule has 14 heavy (non-hydrogen) atoms. The van der Waals surface area contributed by atoms with Crippen LogP contribution in [0.2, 0.25) is 0 Å². The van der Waals surface area contributed by atoms with Crippen LogP contribution in [0.5, 0.6) is 0 Å². The molecule has 0 aromatic heterocycles. The Bertz CT molecular complexity index is 228. The SMILES string of the molecule is C=C(C)CC(C)(C)CC(C)(C)C(=C)C. The second kappa shape index (κ2) is 4.33. The van der Waals surface area contributed by atoms with Crippen molar-refractivity contribution in [1.29, 1.82) is 0 Å². The molecule has 0 spiro atoms. The van der Waals surface area contributed by atoms with Crippen LogP contribution in [-0.4, -0.2) is 0 Å². The highest BCUT2D eigenvalue weighted by molar-refractivity contribution is 5.06. The molecule has 0 saturated carbocycles. The Kier molecular flexibility index (Phi) is 4.17. The van der Waals surface area contributed by atoms with Crippen LogP contribution in [0.1, 0.15) is 54.4 Å². The monoisotopic (exact) mass is 194 g/mol. The maximum Gasteiger partial charge on any atom is -0.0145 e. The van der Waals surface area contributed by atoms with Gasteiger partial charge < -0.3 is 0 Å². The first kappa shape index (κ1) is 13.5. The molecule has 0 bridgehead atoms. The fourth-order valence-electron chi connectivity index (χ4n) is 2.23. The van der Waals surface area contributed by atoms with Crippen molar-refractivity contribution in [2.24, 2.45) is 10.8 Å². The van der Waals surface area contributed by atoms with Crippen molar-refractivity contribution in [3.8, 4) is 0 Å². The molecule has 0 nitrogen and oxygen atoms in total. The molecule has 0 N–H and O–H groups in total. The second-order valence-corrected chi connectivity index (χ2v) is 6.14. The summed E-state index contributed by atoms with van der Waals surface area (Å²) >= 11 is 0. The second-order valence-electron chi connectivity index (χ2n) is 6.14. The summed E-state index contributed by atoms with van der Waals surface area (Å²) in [5, 5.41) is 0. The van der Waals surface area contributed by atoms with E-state index in [-0.39, 0.29) is 5.41 Å². The van der Waals surface area contributed by atoms with Crippen molar-refractivity contribution in [2.45, 2.75) is 54.4 Å². The molecule has 0 fully saturated rings. The van der Waals surface area contributed by atoms with Gasteiger partial charge in [-0.2, -0.15) is 0 Å². The minimum Gasteiger partial charge on any atom is -0.100 e. The van der Waals surface area contributed by atoms with Crippen LogP contribution in [0, 0.1) is 10.8 Å². The molecule has 0 saturated heterocycles. The van der Waals surface area contributed by atoms with E-state index in [1.54, 1.807) is 0 Å². The Balaban J connectivity index is 4.49. The van der Waals surface area contributed by atoms with E-state index in [9.17, 15) is 0 Å². The number of allylic oxidation sites excluding steroid dienone is 2. The quantitative estimate of drug-likeness (QED) is 0.542. The Hall–Kier alpha value is -0.520. The zero-order chi connectivity index (χ0) is 11.6. The van der Waals surface area contributed by atoms with Crippen LogP contribution >= 0.6 is 0 Å². The highest BCUT2D eigenvalue weighted by Gasteiger charge is 2.29. The molecule has 0 aliphatic heterocycles.